The molecular weight excluding hydrogens is 278 g/mol. The summed E-state index contributed by atoms with van der Waals surface area (Å²) in [6.45, 7) is 10.3. The highest BCUT2D eigenvalue weighted by atomic mass is 16.2. The first-order valence-corrected chi connectivity index (χ1v) is 8.84. The maximum Gasteiger partial charge on any atom is 0.223 e. The van der Waals surface area contributed by atoms with Crippen LogP contribution in [0.4, 0.5) is 0 Å². The van der Waals surface area contributed by atoms with Crippen molar-refractivity contribution in [2.24, 2.45) is 5.92 Å². The van der Waals surface area contributed by atoms with E-state index in [1.54, 1.807) is 0 Å². The molecule has 0 aliphatic carbocycles. The molecule has 0 atom stereocenters. The van der Waals surface area contributed by atoms with Crippen LogP contribution in [0.2, 0.25) is 0 Å². The molecule has 5 heteroatoms. The van der Waals surface area contributed by atoms with Crippen molar-refractivity contribution in [2.45, 2.75) is 46.0 Å². The zero-order chi connectivity index (χ0) is 15.9. The summed E-state index contributed by atoms with van der Waals surface area (Å²) in [6, 6.07) is 0. The molecule has 2 amide bonds. The van der Waals surface area contributed by atoms with Crippen LogP contribution < -0.4 is 0 Å². The van der Waals surface area contributed by atoms with Crippen LogP contribution in [0, 0.1) is 5.92 Å². The Balaban J connectivity index is 1.64. The second-order valence-corrected chi connectivity index (χ2v) is 7.01. The molecule has 2 saturated heterocycles. The van der Waals surface area contributed by atoms with Gasteiger partial charge >= 0.3 is 0 Å². The summed E-state index contributed by atoms with van der Waals surface area (Å²) >= 11 is 0. The predicted octanol–water partition coefficient (Wildman–Crippen LogP) is 1.58. The average molecular weight is 309 g/mol. The van der Waals surface area contributed by atoms with Crippen LogP contribution in [0.3, 0.4) is 0 Å². The molecule has 0 aromatic rings. The zero-order valence-electron chi connectivity index (χ0n) is 14.2. The van der Waals surface area contributed by atoms with Crippen molar-refractivity contribution in [2.75, 3.05) is 45.8 Å². The van der Waals surface area contributed by atoms with Crippen LogP contribution in [0.5, 0.6) is 0 Å². The number of rotatable bonds is 5. The molecular formula is C17H31N3O2. The van der Waals surface area contributed by atoms with Crippen molar-refractivity contribution in [1.29, 1.82) is 0 Å². The predicted molar refractivity (Wildman–Crippen MR) is 87.5 cm³/mol. The van der Waals surface area contributed by atoms with Gasteiger partial charge in [0.05, 0.1) is 0 Å². The summed E-state index contributed by atoms with van der Waals surface area (Å²) in [7, 11) is 0. The molecule has 0 aromatic carbocycles. The van der Waals surface area contributed by atoms with Crippen molar-refractivity contribution < 1.29 is 9.59 Å². The zero-order valence-corrected chi connectivity index (χ0v) is 14.2. The van der Waals surface area contributed by atoms with E-state index in [2.05, 4.69) is 18.7 Å². The molecule has 2 fully saturated rings. The Hall–Kier alpha value is -1.10. The van der Waals surface area contributed by atoms with E-state index < -0.39 is 0 Å². The Labute approximate surface area is 134 Å². The smallest absolute Gasteiger partial charge is 0.223 e. The number of likely N-dealkylation sites (tertiary alicyclic amines) is 1. The molecule has 0 N–H and O–H groups in total. The number of amides is 2. The number of piperidine rings is 1. The number of hydrogen-bond acceptors (Lipinski definition) is 3. The maximum atomic E-state index is 12.2. The second-order valence-electron chi connectivity index (χ2n) is 7.01. The molecule has 0 unspecified atom stereocenters. The molecule has 0 spiro atoms. The van der Waals surface area contributed by atoms with Crippen LogP contribution in [0.15, 0.2) is 0 Å². The lowest BCUT2D eigenvalue weighted by molar-refractivity contribution is -0.135. The van der Waals surface area contributed by atoms with E-state index in [0.717, 1.165) is 58.7 Å². The number of nitrogens with zero attached hydrogens (tertiary/aromatic N) is 3. The summed E-state index contributed by atoms with van der Waals surface area (Å²) in [5, 5.41) is 0. The Bertz CT molecular complexity index is 370. The number of piperazine rings is 1. The first kappa shape index (κ1) is 17.3. The third kappa shape index (κ3) is 5.27. The molecule has 126 valence electrons. The Kier molecular flexibility index (Phi) is 6.68. The lowest BCUT2D eigenvalue weighted by Crippen LogP contribution is -2.49. The van der Waals surface area contributed by atoms with Gasteiger partial charge in [0.25, 0.3) is 0 Å². The fourth-order valence-electron chi connectivity index (χ4n) is 3.25. The second kappa shape index (κ2) is 8.51. The molecule has 2 heterocycles. The van der Waals surface area contributed by atoms with Crippen molar-refractivity contribution in [3.05, 3.63) is 0 Å². The third-order valence-electron chi connectivity index (χ3n) is 4.66. The third-order valence-corrected chi connectivity index (χ3v) is 4.66. The highest BCUT2D eigenvalue weighted by Crippen LogP contribution is 2.11. The van der Waals surface area contributed by atoms with Gasteiger partial charge in [-0.25, -0.2) is 0 Å². The van der Waals surface area contributed by atoms with Gasteiger partial charge in [-0.3, -0.25) is 14.5 Å². The van der Waals surface area contributed by atoms with E-state index in [0.29, 0.717) is 24.7 Å². The first-order chi connectivity index (χ1) is 10.6. The quantitative estimate of drug-likeness (QED) is 0.774. The number of carbonyl (C=O) groups is 2. The largest absolute Gasteiger partial charge is 0.343 e. The summed E-state index contributed by atoms with van der Waals surface area (Å²) in [6.07, 6.45) is 4.84. The van der Waals surface area contributed by atoms with Gasteiger partial charge in [-0.05, 0) is 25.2 Å². The molecule has 5 nitrogen and oxygen atoms in total. The highest BCUT2D eigenvalue weighted by molar-refractivity contribution is 5.77. The first-order valence-electron chi connectivity index (χ1n) is 8.84. The number of hydrogen-bond donors (Lipinski definition) is 0. The standard InChI is InChI=1S/C17H31N3O2/c1-15(2)14-17(22)20-12-10-18(11-13-20)9-6-16(21)19-7-4-3-5-8-19/h15H,3-14H2,1-2H3. The van der Waals surface area contributed by atoms with E-state index in [1.807, 2.05) is 9.80 Å². The SMILES string of the molecule is CC(C)CC(=O)N1CCN(CCC(=O)N2CCCCC2)CC1. The number of carbonyl (C=O) groups excluding carboxylic acids is 2. The molecule has 2 aliphatic heterocycles. The van der Waals surface area contributed by atoms with Gasteiger partial charge in [-0.15, -0.1) is 0 Å². The Morgan fingerprint density at radius 1 is 0.818 bits per heavy atom. The lowest BCUT2D eigenvalue weighted by atomic mass is 10.1. The summed E-state index contributed by atoms with van der Waals surface area (Å²) in [5.74, 6) is 1.00. The van der Waals surface area contributed by atoms with Crippen molar-refractivity contribution >= 4 is 11.8 Å². The minimum atomic E-state index is 0.277. The fraction of sp³-hybridized carbons (Fsp3) is 0.882. The van der Waals surface area contributed by atoms with Crippen LogP contribution in [-0.2, 0) is 9.59 Å². The van der Waals surface area contributed by atoms with Crippen LogP contribution in [0.25, 0.3) is 0 Å². The average Bonchev–Trinajstić information content (AvgIpc) is 2.53. The summed E-state index contributed by atoms with van der Waals surface area (Å²) in [5.41, 5.74) is 0. The normalized spacial score (nSPS) is 20.5. The summed E-state index contributed by atoms with van der Waals surface area (Å²) in [4.78, 5) is 30.5. The minimum Gasteiger partial charge on any atom is -0.343 e. The van der Waals surface area contributed by atoms with Crippen molar-refractivity contribution in [1.82, 2.24) is 14.7 Å². The van der Waals surface area contributed by atoms with E-state index >= 15 is 0 Å². The Morgan fingerprint density at radius 3 is 2.00 bits per heavy atom. The van der Waals surface area contributed by atoms with E-state index in [1.165, 1.54) is 6.42 Å². The molecule has 0 bridgehead atoms. The van der Waals surface area contributed by atoms with Gasteiger partial charge < -0.3 is 9.80 Å². The van der Waals surface area contributed by atoms with Gasteiger partial charge in [-0.2, -0.15) is 0 Å². The van der Waals surface area contributed by atoms with Gasteiger partial charge in [-0.1, -0.05) is 13.8 Å². The van der Waals surface area contributed by atoms with Gasteiger partial charge in [0.15, 0.2) is 0 Å². The van der Waals surface area contributed by atoms with Gasteiger partial charge in [0.1, 0.15) is 0 Å². The topological polar surface area (TPSA) is 43.9 Å². The van der Waals surface area contributed by atoms with Gasteiger partial charge in [0.2, 0.25) is 11.8 Å². The van der Waals surface area contributed by atoms with Crippen LogP contribution in [0.1, 0.15) is 46.0 Å². The maximum absolute atomic E-state index is 12.2. The molecule has 2 aliphatic rings. The Morgan fingerprint density at radius 2 is 1.41 bits per heavy atom. The van der Waals surface area contributed by atoms with E-state index in [9.17, 15) is 9.59 Å². The lowest BCUT2D eigenvalue weighted by Gasteiger charge is -2.35. The monoisotopic (exact) mass is 309 g/mol. The molecule has 0 saturated carbocycles. The molecule has 2 rings (SSSR count). The van der Waals surface area contributed by atoms with Crippen LogP contribution in [-0.4, -0.2) is 72.3 Å². The van der Waals surface area contributed by atoms with Crippen LogP contribution >= 0.6 is 0 Å². The minimum absolute atomic E-state index is 0.277. The molecule has 0 radical (unpaired) electrons. The van der Waals surface area contributed by atoms with E-state index in [4.69, 9.17) is 0 Å². The van der Waals surface area contributed by atoms with Gasteiger partial charge in [0, 0.05) is 58.7 Å². The van der Waals surface area contributed by atoms with Crippen molar-refractivity contribution in [3.63, 3.8) is 0 Å². The van der Waals surface area contributed by atoms with E-state index in [-0.39, 0.29) is 5.91 Å². The fourth-order valence-corrected chi connectivity index (χ4v) is 3.25. The summed E-state index contributed by atoms with van der Waals surface area (Å²) < 4.78 is 0. The molecule has 22 heavy (non-hydrogen) atoms. The highest BCUT2D eigenvalue weighted by Gasteiger charge is 2.23. The van der Waals surface area contributed by atoms with Crippen molar-refractivity contribution in [3.8, 4) is 0 Å². The molecule has 0 aromatic heterocycles.